The van der Waals surface area contributed by atoms with Gasteiger partial charge in [-0.1, -0.05) is 44.2 Å². The van der Waals surface area contributed by atoms with Crippen molar-refractivity contribution in [2.75, 3.05) is 0 Å². The predicted octanol–water partition coefficient (Wildman–Crippen LogP) is 4.12. The summed E-state index contributed by atoms with van der Waals surface area (Å²) in [5.41, 5.74) is 7.16. The molecule has 0 N–H and O–H groups in total. The fourth-order valence-corrected chi connectivity index (χ4v) is 3.93. The molecule has 0 fully saturated rings. The van der Waals surface area contributed by atoms with Crippen molar-refractivity contribution in [3.63, 3.8) is 0 Å². The first-order valence-corrected chi connectivity index (χ1v) is 8.08. The second-order valence-electron chi connectivity index (χ2n) is 7.16. The first-order valence-electron chi connectivity index (χ1n) is 8.08. The topological polar surface area (TPSA) is 8.81 Å². The van der Waals surface area contributed by atoms with Crippen LogP contribution in [0, 0.1) is 6.92 Å². The maximum atomic E-state index is 2.53. The van der Waals surface area contributed by atoms with Gasteiger partial charge in [0.25, 0.3) is 5.82 Å². The van der Waals surface area contributed by atoms with Crippen molar-refractivity contribution >= 4 is 11.0 Å². The Morgan fingerprint density at radius 1 is 1.05 bits per heavy atom. The molecule has 0 atom stereocenters. The van der Waals surface area contributed by atoms with Crippen molar-refractivity contribution in [1.82, 2.24) is 4.57 Å². The van der Waals surface area contributed by atoms with Crippen LogP contribution in [-0.2, 0) is 19.0 Å². The van der Waals surface area contributed by atoms with E-state index in [-0.39, 0.29) is 5.41 Å². The van der Waals surface area contributed by atoms with Crippen molar-refractivity contribution in [2.45, 2.75) is 39.2 Å². The van der Waals surface area contributed by atoms with Gasteiger partial charge in [-0.05, 0) is 36.5 Å². The Morgan fingerprint density at radius 2 is 1.82 bits per heavy atom. The zero-order valence-corrected chi connectivity index (χ0v) is 13.9. The molecule has 3 aromatic rings. The summed E-state index contributed by atoms with van der Waals surface area (Å²) >= 11 is 0. The van der Waals surface area contributed by atoms with Crippen molar-refractivity contribution in [3.8, 4) is 11.4 Å². The Morgan fingerprint density at radius 3 is 2.59 bits per heavy atom. The van der Waals surface area contributed by atoms with E-state index in [1.165, 1.54) is 40.0 Å². The molecule has 0 amide bonds. The molecule has 2 heteroatoms. The summed E-state index contributed by atoms with van der Waals surface area (Å²) in [7, 11) is 2.20. The summed E-state index contributed by atoms with van der Waals surface area (Å²) in [6.45, 7) is 8.02. The van der Waals surface area contributed by atoms with Gasteiger partial charge in [-0.25, -0.2) is 9.13 Å². The van der Waals surface area contributed by atoms with Gasteiger partial charge in [0.15, 0.2) is 11.0 Å². The molecular formula is C20H23N2+. The highest BCUT2D eigenvalue weighted by Crippen LogP contribution is 2.37. The van der Waals surface area contributed by atoms with Gasteiger partial charge < -0.3 is 0 Å². The summed E-state index contributed by atoms with van der Waals surface area (Å²) < 4.78 is 4.89. The van der Waals surface area contributed by atoms with Crippen LogP contribution >= 0.6 is 0 Å². The molecule has 112 valence electrons. The van der Waals surface area contributed by atoms with E-state index in [4.69, 9.17) is 0 Å². The second kappa shape index (κ2) is 4.45. The Kier molecular flexibility index (Phi) is 2.75. The number of hydrogen-bond acceptors (Lipinski definition) is 0. The molecule has 0 unspecified atom stereocenters. The summed E-state index contributed by atoms with van der Waals surface area (Å²) in [5.74, 6) is 1.33. The minimum Gasteiger partial charge on any atom is -0.226 e. The molecule has 0 saturated carbocycles. The van der Waals surface area contributed by atoms with Crippen molar-refractivity contribution in [2.24, 2.45) is 7.05 Å². The maximum Gasteiger partial charge on any atom is 0.289 e. The predicted molar refractivity (Wildman–Crippen MR) is 90.9 cm³/mol. The number of benzene rings is 2. The fraction of sp³-hybridized carbons (Fsp3) is 0.350. The lowest BCUT2D eigenvalue weighted by Gasteiger charge is -2.28. The molecule has 0 bridgehead atoms. The molecule has 2 heterocycles. The van der Waals surface area contributed by atoms with Gasteiger partial charge in [0, 0.05) is 5.56 Å². The van der Waals surface area contributed by atoms with E-state index in [2.05, 4.69) is 79.4 Å². The number of aromatic nitrogens is 2. The smallest absolute Gasteiger partial charge is 0.226 e. The number of rotatable bonds is 1. The highest BCUT2D eigenvalue weighted by Gasteiger charge is 2.36. The first-order chi connectivity index (χ1) is 10.5. The third-order valence-electron chi connectivity index (χ3n) is 5.29. The summed E-state index contributed by atoms with van der Waals surface area (Å²) in [5, 5.41) is 0. The van der Waals surface area contributed by atoms with E-state index in [1.54, 1.807) is 0 Å². The van der Waals surface area contributed by atoms with Gasteiger partial charge in [0.2, 0.25) is 0 Å². The van der Waals surface area contributed by atoms with Gasteiger partial charge in [0.1, 0.15) is 0 Å². The average molecular weight is 291 g/mol. The molecule has 1 aliphatic rings. The average Bonchev–Trinajstić information content (AvgIpc) is 2.78. The molecule has 0 radical (unpaired) electrons. The van der Waals surface area contributed by atoms with Crippen LogP contribution in [0.2, 0.25) is 0 Å². The minimum atomic E-state index is 0.254. The van der Waals surface area contributed by atoms with Gasteiger partial charge >= 0.3 is 0 Å². The Labute approximate surface area is 132 Å². The Balaban J connectivity index is 2.14. The third-order valence-corrected chi connectivity index (χ3v) is 5.29. The van der Waals surface area contributed by atoms with Crippen molar-refractivity contribution in [1.29, 1.82) is 0 Å². The van der Waals surface area contributed by atoms with Crippen LogP contribution in [-0.4, -0.2) is 4.57 Å². The van der Waals surface area contributed by atoms with Crippen LogP contribution in [0.4, 0.5) is 0 Å². The summed E-state index contributed by atoms with van der Waals surface area (Å²) in [4.78, 5) is 0. The van der Waals surface area contributed by atoms with E-state index < -0.39 is 0 Å². The molecule has 1 aliphatic heterocycles. The lowest BCUT2D eigenvalue weighted by Crippen LogP contribution is -2.44. The highest BCUT2D eigenvalue weighted by atomic mass is 15.2. The molecule has 2 aromatic carbocycles. The molecule has 4 rings (SSSR count). The van der Waals surface area contributed by atoms with Crippen LogP contribution in [0.25, 0.3) is 22.4 Å². The molecule has 1 aromatic heterocycles. The first kappa shape index (κ1) is 13.6. The van der Waals surface area contributed by atoms with Crippen LogP contribution in [0.1, 0.15) is 31.4 Å². The zero-order valence-electron chi connectivity index (χ0n) is 13.9. The molecule has 22 heavy (non-hydrogen) atoms. The molecule has 0 aliphatic carbocycles. The van der Waals surface area contributed by atoms with Crippen LogP contribution in [0.5, 0.6) is 0 Å². The number of imidazole rings is 1. The molecular weight excluding hydrogens is 268 g/mol. The monoisotopic (exact) mass is 291 g/mol. The highest BCUT2D eigenvalue weighted by molar-refractivity contribution is 5.81. The van der Waals surface area contributed by atoms with E-state index in [1.807, 2.05) is 0 Å². The lowest BCUT2D eigenvalue weighted by molar-refractivity contribution is -0.665. The second-order valence-corrected chi connectivity index (χ2v) is 7.16. The van der Waals surface area contributed by atoms with E-state index in [9.17, 15) is 0 Å². The number of aryl methyl sites for hydroxylation is 3. The van der Waals surface area contributed by atoms with Gasteiger partial charge in [0.05, 0.1) is 19.2 Å². The number of hydrogen-bond donors (Lipinski definition) is 0. The number of nitrogens with zero attached hydrogens (tertiary/aromatic N) is 2. The van der Waals surface area contributed by atoms with E-state index in [0.717, 1.165) is 6.54 Å². The maximum absolute atomic E-state index is 2.53. The van der Waals surface area contributed by atoms with E-state index in [0.29, 0.717) is 0 Å². The molecule has 2 nitrogen and oxygen atoms in total. The third kappa shape index (κ3) is 1.70. The molecule has 0 spiro atoms. The Bertz CT molecular complexity index is 884. The standard InChI is InChI=1S/C20H23N2/c1-14-8-5-6-9-15(14)19-21(4)17-11-7-10-16-18(17)22(19)13-12-20(16,2)3/h5-11H,12-13H2,1-4H3/q+1. The van der Waals surface area contributed by atoms with Gasteiger partial charge in [-0.3, -0.25) is 0 Å². The molecule has 0 saturated heterocycles. The largest absolute Gasteiger partial charge is 0.289 e. The zero-order chi connectivity index (χ0) is 15.5. The Hall–Kier alpha value is -2.09. The van der Waals surface area contributed by atoms with Crippen LogP contribution in [0.3, 0.4) is 0 Å². The van der Waals surface area contributed by atoms with Crippen molar-refractivity contribution < 1.29 is 4.57 Å². The lowest BCUT2D eigenvalue weighted by atomic mass is 9.79. The van der Waals surface area contributed by atoms with Gasteiger partial charge in [-0.2, -0.15) is 0 Å². The quantitative estimate of drug-likeness (QED) is 0.596. The normalized spacial score (nSPS) is 16.2. The van der Waals surface area contributed by atoms with Crippen LogP contribution < -0.4 is 4.57 Å². The van der Waals surface area contributed by atoms with Gasteiger partial charge in [-0.15, -0.1) is 0 Å². The summed E-state index contributed by atoms with van der Waals surface area (Å²) in [6, 6.07) is 15.5. The van der Waals surface area contributed by atoms with E-state index >= 15 is 0 Å². The van der Waals surface area contributed by atoms with Crippen LogP contribution in [0.15, 0.2) is 42.5 Å². The SMILES string of the molecule is Cc1ccccc1-c1n(C)c2cccc3c2[n+]1CCC3(C)C. The minimum absolute atomic E-state index is 0.254. The fourth-order valence-electron chi connectivity index (χ4n) is 3.93. The number of para-hydroxylation sites is 1. The van der Waals surface area contributed by atoms with Crippen molar-refractivity contribution in [3.05, 3.63) is 53.6 Å². The summed E-state index contributed by atoms with van der Waals surface area (Å²) in [6.07, 6.45) is 1.19.